The van der Waals surface area contributed by atoms with Crippen LogP contribution in [0, 0.1) is 5.92 Å². The fourth-order valence-corrected chi connectivity index (χ4v) is 1.33. The second-order valence-electron chi connectivity index (χ2n) is 4.12. The maximum Gasteiger partial charge on any atom is 0.303 e. The Morgan fingerprint density at radius 3 is 2.20 bits per heavy atom. The van der Waals surface area contributed by atoms with Gasteiger partial charge in [0, 0.05) is 12.5 Å². The lowest BCUT2D eigenvalue weighted by Crippen LogP contribution is -2.48. The average Bonchev–Trinajstić information content (AvgIpc) is 2.09. The Kier molecular flexibility index (Phi) is 5.93. The summed E-state index contributed by atoms with van der Waals surface area (Å²) in [6.07, 6.45) is 0.587. The Balaban J connectivity index is 4.06. The van der Waals surface area contributed by atoms with Crippen LogP contribution >= 0.6 is 0 Å². The first-order valence-corrected chi connectivity index (χ1v) is 5.11. The van der Waals surface area contributed by atoms with E-state index < -0.39 is 17.9 Å². The van der Waals surface area contributed by atoms with E-state index in [0.717, 1.165) is 0 Å². The Hall–Kier alpha value is -1.10. The van der Waals surface area contributed by atoms with Crippen LogP contribution in [-0.2, 0) is 9.59 Å². The van der Waals surface area contributed by atoms with Crippen LogP contribution in [0.3, 0.4) is 0 Å². The van der Waals surface area contributed by atoms with Gasteiger partial charge in [-0.25, -0.2) is 0 Å². The van der Waals surface area contributed by atoms with Gasteiger partial charge in [0.05, 0.1) is 6.04 Å². The summed E-state index contributed by atoms with van der Waals surface area (Å²) in [6.45, 7) is 5.64. The molecular weight excluding hydrogens is 196 g/mol. The molecule has 0 radical (unpaired) electrons. The number of hydrogen-bond donors (Lipinski definition) is 3. The quantitative estimate of drug-likeness (QED) is 0.572. The summed E-state index contributed by atoms with van der Waals surface area (Å²) in [6, 6.07) is -0.421. The average molecular weight is 216 g/mol. The molecule has 0 bridgehead atoms. The van der Waals surface area contributed by atoms with Crippen LogP contribution in [-0.4, -0.2) is 29.1 Å². The minimum absolute atomic E-state index is 0.0269. The fourth-order valence-electron chi connectivity index (χ4n) is 1.33. The number of rotatable bonds is 7. The third-order valence-corrected chi connectivity index (χ3v) is 2.23. The largest absolute Gasteiger partial charge is 0.481 e. The molecule has 0 aromatic carbocycles. The van der Waals surface area contributed by atoms with Crippen molar-refractivity contribution in [3.63, 3.8) is 0 Å². The summed E-state index contributed by atoms with van der Waals surface area (Å²) in [5, 5.41) is 11.5. The maximum absolute atomic E-state index is 11.1. The fraction of sp³-hybridized carbons (Fsp3) is 0.800. The van der Waals surface area contributed by atoms with Gasteiger partial charge in [-0.1, -0.05) is 13.8 Å². The Morgan fingerprint density at radius 2 is 1.87 bits per heavy atom. The van der Waals surface area contributed by atoms with Gasteiger partial charge in [-0.3, -0.25) is 9.59 Å². The minimum Gasteiger partial charge on any atom is -0.481 e. The minimum atomic E-state index is -0.830. The number of aliphatic carboxylic acids is 1. The first-order chi connectivity index (χ1) is 6.84. The first kappa shape index (κ1) is 13.9. The summed E-state index contributed by atoms with van der Waals surface area (Å²) in [5.74, 6) is -1.12. The molecule has 1 amide bonds. The van der Waals surface area contributed by atoms with E-state index >= 15 is 0 Å². The lowest BCUT2D eigenvalue weighted by molar-refractivity contribution is -0.137. The van der Waals surface area contributed by atoms with E-state index in [-0.39, 0.29) is 18.4 Å². The van der Waals surface area contributed by atoms with Crippen molar-refractivity contribution in [3.05, 3.63) is 0 Å². The summed E-state index contributed by atoms with van der Waals surface area (Å²) < 4.78 is 0. The number of amides is 1. The zero-order valence-electron chi connectivity index (χ0n) is 9.49. The highest BCUT2D eigenvalue weighted by Gasteiger charge is 2.21. The third kappa shape index (κ3) is 6.06. The van der Waals surface area contributed by atoms with E-state index in [1.807, 2.05) is 20.8 Å². The van der Waals surface area contributed by atoms with Gasteiger partial charge in [-0.2, -0.15) is 0 Å². The molecule has 0 aromatic rings. The molecule has 88 valence electrons. The topological polar surface area (TPSA) is 92.4 Å². The molecule has 0 aromatic heterocycles. The molecule has 15 heavy (non-hydrogen) atoms. The Labute approximate surface area is 90.0 Å². The molecular formula is C10H20N2O3. The molecule has 0 aliphatic carbocycles. The monoisotopic (exact) mass is 216 g/mol. The highest BCUT2D eigenvalue weighted by molar-refractivity contribution is 5.80. The van der Waals surface area contributed by atoms with Crippen molar-refractivity contribution in [2.24, 2.45) is 11.7 Å². The summed E-state index contributed by atoms with van der Waals surface area (Å²) >= 11 is 0. The standard InChI is InChI=1S/C10H20N2O3/c1-6(2)9(10(11)15)12-7(3)4-5-8(13)14/h6-7,9,12H,4-5H2,1-3H3,(H2,11,15)(H,13,14). The summed E-state index contributed by atoms with van der Waals surface area (Å²) in [4.78, 5) is 21.4. The van der Waals surface area contributed by atoms with Crippen molar-refractivity contribution >= 4 is 11.9 Å². The molecule has 0 heterocycles. The van der Waals surface area contributed by atoms with Crippen molar-refractivity contribution < 1.29 is 14.7 Å². The Bertz CT molecular complexity index is 229. The van der Waals surface area contributed by atoms with Gasteiger partial charge in [0.2, 0.25) is 5.91 Å². The molecule has 0 rings (SSSR count). The molecule has 0 saturated carbocycles. The van der Waals surface area contributed by atoms with Gasteiger partial charge in [-0.15, -0.1) is 0 Å². The van der Waals surface area contributed by atoms with Gasteiger partial charge in [0.1, 0.15) is 0 Å². The van der Waals surface area contributed by atoms with E-state index in [2.05, 4.69) is 5.32 Å². The second-order valence-corrected chi connectivity index (χ2v) is 4.12. The molecule has 2 unspecified atom stereocenters. The molecule has 0 spiro atoms. The van der Waals surface area contributed by atoms with Gasteiger partial charge in [0.25, 0.3) is 0 Å². The molecule has 4 N–H and O–H groups in total. The number of primary amides is 1. The molecule has 0 aliphatic rings. The molecule has 0 fully saturated rings. The highest BCUT2D eigenvalue weighted by atomic mass is 16.4. The van der Waals surface area contributed by atoms with E-state index in [4.69, 9.17) is 10.8 Å². The van der Waals surface area contributed by atoms with Gasteiger partial charge < -0.3 is 16.2 Å². The van der Waals surface area contributed by atoms with Gasteiger partial charge >= 0.3 is 5.97 Å². The smallest absolute Gasteiger partial charge is 0.303 e. The van der Waals surface area contributed by atoms with Crippen LogP contribution in [0.25, 0.3) is 0 Å². The van der Waals surface area contributed by atoms with E-state index in [9.17, 15) is 9.59 Å². The van der Waals surface area contributed by atoms with Crippen molar-refractivity contribution in [2.75, 3.05) is 0 Å². The van der Waals surface area contributed by atoms with Crippen molar-refractivity contribution in [2.45, 2.75) is 45.7 Å². The molecule has 0 saturated heterocycles. The second kappa shape index (κ2) is 6.40. The molecule has 0 aliphatic heterocycles. The Morgan fingerprint density at radius 1 is 1.33 bits per heavy atom. The first-order valence-electron chi connectivity index (χ1n) is 5.11. The van der Waals surface area contributed by atoms with E-state index in [0.29, 0.717) is 6.42 Å². The molecule has 5 nitrogen and oxygen atoms in total. The van der Waals surface area contributed by atoms with Crippen LogP contribution in [0.4, 0.5) is 0 Å². The number of carboxylic acid groups (broad SMARTS) is 1. The predicted molar refractivity (Wildman–Crippen MR) is 57.3 cm³/mol. The van der Waals surface area contributed by atoms with Crippen molar-refractivity contribution in [1.82, 2.24) is 5.32 Å². The number of hydrogen-bond acceptors (Lipinski definition) is 3. The number of carboxylic acids is 1. The number of nitrogens with two attached hydrogens (primary N) is 1. The van der Waals surface area contributed by atoms with Gasteiger partial charge in [-0.05, 0) is 19.3 Å². The normalized spacial score (nSPS) is 14.9. The van der Waals surface area contributed by atoms with Crippen LogP contribution in [0.5, 0.6) is 0 Å². The van der Waals surface area contributed by atoms with E-state index in [1.165, 1.54) is 0 Å². The molecule has 5 heteroatoms. The summed E-state index contributed by atoms with van der Waals surface area (Å²) in [5.41, 5.74) is 5.22. The predicted octanol–water partition coefficient (Wildman–Crippen LogP) is 0.339. The van der Waals surface area contributed by atoms with Crippen LogP contribution in [0.2, 0.25) is 0 Å². The third-order valence-electron chi connectivity index (χ3n) is 2.23. The van der Waals surface area contributed by atoms with Crippen LogP contribution in [0.1, 0.15) is 33.6 Å². The van der Waals surface area contributed by atoms with Crippen LogP contribution in [0.15, 0.2) is 0 Å². The van der Waals surface area contributed by atoms with Crippen LogP contribution < -0.4 is 11.1 Å². The SMILES string of the molecule is CC(CCC(=O)O)NC(C(N)=O)C(C)C. The molecule has 2 atom stereocenters. The zero-order chi connectivity index (χ0) is 12.0. The maximum atomic E-state index is 11.1. The lowest BCUT2D eigenvalue weighted by Gasteiger charge is -2.23. The lowest BCUT2D eigenvalue weighted by atomic mass is 10.0. The number of carbonyl (C=O) groups excluding carboxylic acids is 1. The zero-order valence-corrected chi connectivity index (χ0v) is 9.49. The number of nitrogens with one attached hydrogen (secondary N) is 1. The summed E-state index contributed by atoms with van der Waals surface area (Å²) in [7, 11) is 0. The highest BCUT2D eigenvalue weighted by Crippen LogP contribution is 2.05. The van der Waals surface area contributed by atoms with Gasteiger partial charge in [0.15, 0.2) is 0 Å². The van der Waals surface area contributed by atoms with Crippen molar-refractivity contribution in [1.29, 1.82) is 0 Å². The number of carbonyl (C=O) groups is 2. The van der Waals surface area contributed by atoms with E-state index in [1.54, 1.807) is 0 Å². The van der Waals surface area contributed by atoms with Crippen molar-refractivity contribution in [3.8, 4) is 0 Å².